The topological polar surface area (TPSA) is 191 Å². The molecule has 0 radical (unpaired) electrons. The van der Waals surface area contributed by atoms with Crippen LogP contribution in [0.2, 0.25) is 0 Å². The summed E-state index contributed by atoms with van der Waals surface area (Å²) in [6.45, 7) is 8.97. The highest BCUT2D eigenvalue weighted by atomic mass is 16.6. The van der Waals surface area contributed by atoms with Crippen LogP contribution < -0.4 is 0 Å². The lowest BCUT2D eigenvalue weighted by atomic mass is 10.1. The number of ether oxygens (including phenoxy) is 7. The van der Waals surface area contributed by atoms with E-state index in [2.05, 4.69) is 32.6 Å². The monoisotopic (exact) mass is 1040 g/mol. The predicted molar refractivity (Wildman–Crippen MR) is 280 cm³/mol. The maximum Gasteiger partial charge on any atom is 0.410 e. The molecule has 2 aliphatic heterocycles. The van der Waals surface area contributed by atoms with Crippen LogP contribution in [0.5, 0.6) is 0 Å². The Hall–Kier alpha value is -3.95. The second kappa shape index (κ2) is 42.3. The van der Waals surface area contributed by atoms with E-state index in [-0.39, 0.29) is 121 Å². The third-order valence-corrected chi connectivity index (χ3v) is 14.0. The van der Waals surface area contributed by atoms with Crippen LogP contribution in [0.15, 0.2) is 0 Å². The number of nitrogens with zero attached hydrogens (tertiary/aromatic N) is 2. The Morgan fingerprint density at radius 1 is 0.425 bits per heavy atom. The first-order valence-electron chi connectivity index (χ1n) is 29.0. The van der Waals surface area contributed by atoms with Gasteiger partial charge in [0.15, 0.2) is 0 Å². The first-order valence-corrected chi connectivity index (χ1v) is 29.0. The van der Waals surface area contributed by atoms with Crippen molar-refractivity contribution in [3.63, 3.8) is 0 Å². The molecule has 16 heteroatoms. The number of hydrogen-bond acceptors (Lipinski definition) is 15. The van der Waals surface area contributed by atoms with Gasteiger partial charge in [-0.25, -0.2) is 4.79 Å². The first kappa shape index (κ1) is 65.2. The Labute approximate surface area is 440 Å². The van der Waals surface area contributed by atoms with Crippen molar-refractivity contribution in [1.29, 1.82) is 0 Å². The Kier molecular flexibility index (Phi) is 37.8. The Morgan fingerprint density at radius 2 is 0.781 bits per heavy atom. The molecule has 0 aromatic carbocycles. The minimum Gasteiger partial charge on any atom is -0.465 e. The number of carbonyl (C=O) groups excluding carboxylic acids is 7. The predicted octanol–water partition coefficient (Wildman–Crippen LogP) is 11.5. The summed E-state index contributed by atoms with van der Waals surface area (Å²) in [7, 11) is 1.95. The summed E-state index contributed by atoms with van der Waals surface area (Å²) in [5.41, 5.74) is 0. The minimum absolute atomic E-state index is 0.00974. The molecule has 3 atom stereocenters. The van der Waals surface area contributed by atoms with E-state index >= 15 is 0 Å². The molecule has 0 aliphatic carbocycles. The van der Waals surface area contributed by atoms with Gasteiger partial charge in [0.1, 0.15) is 19.3 Å². The lowest BCUT2D eigenvalue weighted by molar-refractivity contribution is -0.157. The van der Waals surface area contributed by atoms with Crippen molar-refractivity contribution in [2.24, 2.45) is 11.8 Å². The highest BCUT2D eigenvalue weighted by Gasteiger charge is 2.40. The van der Waals surface area contributed by atoms with Crippen molar-refractivity contribution in [3.05, 3.63) is 0 Å². The standard InChI is InChI=1S/C57H100N2O14/c1-6-10-14-18-22-26-30-51(60)67-40-46(41-68-52(61)31-27-23-19-15-11-7-2)36-55(64)71-45-49-38-50(39-59(49)57(66)72-44-48-34-35-58(48)5)73-56(65)37-47(42-69-53(62)32-28-24-20-16-12-8-3)43-70-54(63)33-29-25-21-17-13-9-4/h46-50H,6-45H2,1-5H3/t48?,49-,50+/m0/s1. The van der Waals surface area contributed by atoms with Crippen LogP contribution in [0.4, 0.5) is 4.79 Å². The Balaban J connectivity index is 2.09. The molecule has 0 saturated carbocycles. The molecule has 1 amide bonds. The molecule has 0 spiro atoms. The summed E-state index contributed by atoms with van der Waals surface area (Å²) in [5.74, 6) is -4.03. The van der Waals surface area contributed by atoms with Crippen molar-refractivity contribution in [3.8, 4) is 0 Å². The summed E-state index contributed by atoms with van der Waals surface area (Å²) in [5, 5.41) is 0. The van der Waals surface area contributed by atoms with E-state index in [9.17, 15) is 33.6 Å². The molecule has 1 unspecified atom stereocenters. The van der Waals surface area contributed by atoms with E-state index in [1.807, 2.05) is 7.05 Å². The van der Waals surface area contributed by atoms with Crippen LogP contribution in [-0.4, -0.2) is 130 Å². The van der Waals surface area contributed by atoms with Crippen LogP contribution in [0.1, 0.15) is 233 Å². The smallest absolute Gasteiger partial charge is 0.410 e. The summed E-state index contributed by atoms with van der Waals surface area (Å²) >= 11 is 0. The summed E-state index contributed by atoms with van der Waals surface area (Å²) in [6.07, 6.45) is 24.8. The fourth-order valence-electron chi connectivity index (χ4n) is 8.99. The van der Waals surface area contributed by atoms with Gasteiger partial charge in [-0.1, -0.05) is 156 Å². The lowest BCUT2D eigenvalue weighted by Gasteiger charge is -2.37. The number of likely N-dealkylation sites (tertiary alicyclic amines) is 2. The van der Waals surface area contributed by atoms with Gasteiger partial charge in [0.05, 0.1) is 51.9 Å². The van der Waals surface area contributed by atoms with E-state index in [1.165, 1.54) is 4.90 Å². The molecule has 2 fully saturated rings. The van der Waals surface area contributed by atoms with Crippen LogP contribution in [0.3, 0.4) is 0 Å². The van der Waals surface area contributed by atoms with Crippen molar-refractivity contribution in [2.75, 3.05) is 59.8 Å². The summed E-state index contributed by atoms with van der Waals surface area (Å²) in [4.78, 5) is 95.0. The third-order valence-electron chi connectivity index (χ3n) is 14.0. The van der Waals surface area contributed by atoms with Crippen molar-refractivity contribution < 1.29 is 66.7 Å². The van der Waals surface area contributed by atoms with E-state index in [4.69, 9.17) is 33.2 Å². The number of unbranched alkanes of at least 4 members (excludes halogenated alkanes) is 20. The fourth-order valence-corrected chi connectivity index (χ4v) is 8.99. The molecule has 0 aromatic rings. The van der Waals surface area contributed by atoms with Gasteiger partial charge in [0, 0.05) is 50.0 Å². The first-order chi connectivity index (χ1) is 35.4. The molecule has 0 bridgehead atoms. The van der Waals surface area contributed by atoms with E-state index < -0.39 is 42.0 Å². The van der Waals surface area contributed by atoms with Crippen LogP contribution in [0.25, 0.3) is 0 Å². The maximum atomic E-state index is 13.6. The average Bonchev–Trinajstić information content (AvgIpc) is 3.78. The largest absolute Gasteiger partial charge is 0.465 e. The van der Waals surface area contributed by atoms with Gasteiger partial charge >= 0.3 is 41.9 Å². The molecule has 0 N–H and O–H groups in total. The van der Waals surface area contributed by atoms with Gasteiger partial charge < -0.3 is 33.2 Å². The van der Waals surface area contributed by atoms with Crippen LogP contribution in [0, 0.1) is 11.8 Å². The average molecular weight is 1040 g/mol. The molecule has 2 rings (SSSR count). The van der Waals surface area contributed by atoms with Gasteiger partial charge in [0.25, 0.3) is 0 Å². The lowest BCUT2D eigenvalue weighted by Crippen LogP contribution is -2.49. The van der Waals surface area contributed by atoms with Crippen LogP contribution in [-0.2, 0) is 61.9 Å². The normalized spacial score (nSPS) is 16.5. The van der Waals surface area contributed by atoms with Gasteiger partial charge in [-0.2, -0.15) is 0 Å². The second-order valence-corrected chi connectivity index (χ2v) is 20.8. The maximum absolute atomic E-state index is 13.6. The molecule has 2 aliphatic rings. The van der Waals surface area contributed by atoms with Gasteiger partial charge in [-0.3, -0.25) is 38.6 Å². The molecule has 2 heterocycles. The van der Waals surface area contributed by atoms with E-state index in [0.717, 1.165) is 141 Å². The third kappa shape index (κ3) is 32.9. The zero-order chi connectivity index (χ0) is 53.3. The number of carbonyl (C=O) groups is 7. The highest BCUT2D eigenvalue weighted by molar-refractivity contribution is 5.73. The highest BCUT2D eigenvalue weighted by Crippen LogP contribution is 2.25. The minimum atomic E-state index is -0.772. The Bertz CT molecular complexity index is 1460. The van der Waals surface area contributed by atoms with Crippen molar-refractivity contribution in [1.82, 2.24) is 9.80 Å². The van der Waals surface area contributed by atoms with Gasteiger partial charge in [0.2, 0.25) is 0 Å². The second-order valence-electron chi connectivity index (χ2n) is 20.8. The fraction of sp³-hybridized carbons (Fsp3) is 0.877. The molecule has 422 valence electrons. The molecule has 73 heavy (non-hydrogen) atoms. The van der Waals surface area contributed by atoms with E-state index in [0.29, 0.717) is 25.7 Å². The summed E-state index contributed by atoms with van der Waals surface area (Å²) < 4.78 is 39.8. The Morgan fingerprint density at radius 3 is 1.14 bits per heavy atom. The summed E-state index contributed by atoms with van der Waals surface area (Å²) in [6, 6.07) is -0.608. The zero-order valence-electron chi connectivity index (χ0n) is 46.3. The number of hydrogen-bond donors (Lipinski definition) is 0. The van der Waals surface area contributed by atoms with E-state index in [1.54, 1.807) is 0 Å². The number of rotatable bonds is 45. The quantitative estimate of drug-likeness (QED) is 0.0318. The van der Waals surface area contributed by atoms with Crippen molar-refractivity contribution >= 4 is 41.9 Å². The molecule has 2 saturated heterocycles. The number of amides is 1. The molecule has 16 nitrogen and oxygen atoms in total. The van der Waals surface area contributed by atoms with Crippen LogP contribution >= 0.6 is 0 Å². The molecular weight excluding hydrogens is 937 g/mol. The molecule has 0 aromatic heterocycles. The zero-order valence-corrected chi connectivity index (χ0v) is 46.3. The SMILES string of the molecule is CCCCCCCCC(=O)OCC(COC(=O)CCCCCCCC)CC(=O)OC[C@@H]1C[C@@H](OC(=O)CC(COC(=O)CCCCCCCC)COC(=O)CCCCCCCC)CN1C(=O)OCC1CCN1C. The van der Waals surface area contributed by atoms with Gasteiger partial charge in [-0.15, -0.1) is 0 Å². The number of esters is 6. The van der Waals surface area contributed by atoms with Crippen molar-refractivity contribution in [2.45, 2.75) is 251 Å². The molecular formula is C57H100N2O14. The van der Waals surface area contributed by atoms with Gasteiger partial charge in [-0.05, 0) is 45.7 Å². The number of likely N-dealkylation sites (N-methyl/N-ethyl adjacent to an activating group) is 1.